The maximum atomic E-state index is 10.5. The first-order valence-corrected chi connectivity index (χ1v) is 5.73. The Bertz CT molecular complexity index is 192. The second-order valence-electron chi connectivity index (χ2n) is 4.71. The zero-order valence-electron chi connectivity index (χ0n) is 8.96. The first-order valence-electron chi connectivity index (χ1n) is 5.73. The Labute approximate surface area is 85.8 Å². The van der Waals surface area contributed by atoms with Crippen molar-refractivity contribution in [3.63, 3.8) is 0 Å². The van der Waals surface area contributed by atoms with E-state index in [-0.39, 0.29) is 6.10 Å². The van der Waals surface area contributed by atoms with Gasteiger partial charge in [0.1, 0.15) is 0 Å². The molecule has 0 amide bonds. The summed E-state index contributed by atoms with van der Waals surface area (Å²) in [4.78, 5) is 0. The number of ether oxygens (including phenoxy) is 1. The predicted molar refractivity (Wildman–Crippen MR) is 55.2 cm³/mol. The van der Waals surface area contributed by atoms with Gasteiger partial charge < -0.3 is 15.2 Å². The van der Waals surface area contributed by atoms with Crippen LogP contribution in [0.25, 0.3) is 0 Å². The highest BCUT2D eigenvalue weighted by Crippen LogP contribution is 2.35. The molecule has 82 valence electrons. The van der Waals surface area contributed by atoms with Gasteiger partial charge in [0.25, 0.3) is 0 Å². The molecule has 1 saturated carbocycles. The Morgan fingerprint density at radius 3 is 2.86 bits per heavy atom. The molecule has 0 aromatic carbocycles. The van der Waals surface area contributed by atoms with Crippen molar-refractivity contribution in [2.24, 2.45) is 0 Å². The smallest absolute Gasteiger partial charge is 0.0824 e. The summed E-state index contributed by atoms with van der Waals surface area (Å²) in [7, 11) is 1.75. The Kier molecular flexibility index (Phi) is 3.10. The summed E-state index contributed by atoms with van der Waals surface area (Å²) in [5.74, 6) is 0. The molecular formula is C11H21NO2. The van der Waals surface area contributed by atoms with Crippen LogP contribution in [-0.4, -0.2) is 36.5 Å². The van der Waals surface area contributed by atoms with Crippen molar-refractivity contribution in [2.75, 3.05) is 13.7 Å². The Morgan fingerprint density at radius 2 is 2.21 bits per heavy atom. The molecule has 0 radical (unpaired) electrons. The topological polar surface area (TPSA) is 41.5 Å². The Balaban J connectivity index is 1.98. The van der Waals surface area contributed by atoms with E-state index in [0.717, 1.165) is 38.6 Å². The van der Waals surface area contributed by atoms with E-state index in [0.29, 0.717) is 6.04 Å². The number of aliphatic hydroxyl groups is 1. The second-order valence-corrected chi connectivity index (χ2v) is 4.71. The lowest BCUT2D eigenvalue weighted by Gasteiger charge is -2.40. The summed E-state index contributed by atoms with van der Waals surface area (Å²) in [5, 5.41) is 13.9. The molecule has 1 aliphatic carbocycles. The van der Waals surface area contributed by atoms with Crippen LogP contribution in [0.15, 0.2) is 0 Å². The highest BCUT2D eigenvalue weighted by Gasteiger charge is 2.42. The van der Waals surface area contributed by atoms with Crippen LogP contribution in [0.2, 0.25) is 0 Å². The van der Waals surface area contributed by atoms with Crippen LogP contribution < -0.4 is 5.32 Å². The lowest BCUT2D eigenvalue weighted by Crippen LogP contribution is -2.51. The quantitative estimate of drug-likeness (QED) is 0.698. The second kappa shape index (κ2) is 4.17. The van der Waals surface area contributed by atoms with Gasteiger partial charge in [0.05, 0.1) is 11.7 Å². The van der Waals surface area contributed by atoms with Gasteiger partial charge in [-0.1, -0.05) is 0 Å². The van der Waals surface area contributed by atoms with Gasteiger partial charge in [-0.05, 0) is 38.6 Å². The van der Waals surface area contributed by atoms with Gasteiger partial charge in [-0.25, -0.2) is 0 Å². The first-order chi connectivity index (χ1) is 6.74. The fraction of sp³-hybridized carbons (Fsp3) is 1.00. The maximum Gasteiger partial charge on any atom is 0.0824 e. The van der Waals surface area contributed by atoms with Crippen LogP contribution in [0.5, 0.6) is 0 Å². The molecule has 0 aromatic rings. The number of rotatable bonds is 2. The average molecular weight is 199 g/mol. The molecule has 3 atom stereocenters. The van der Waals surface area contributed by atoms with Crippen LogP contribution in [0.3, 0.4) is 0 Å². The Morgan fingerprint density at radius 1 is 1.36 bits per heavy atom. The normalized spacial score (nSPS) is 44.1. The zero-order valence-corrected chi connectivity index (χ0v) is 8.96. The van der Waals surface area contributed by atoms with E-state index in [2.05, 4.69) is 5.32 Å². The monoisotopic (exact) mass is 199 g/mol. The minimum absolute atomic E-state index is 0.260. The lowest BCUT2D eigenvalue weighted by atomic mass is 9.77. The highest BCUT2D eigenvalue weighted by atomic mass is 16.5. The fourth-order valence-corrected chi connectivity index (χ4v) is 2.90. The van der Waals surface area contributed by atoms with Gasteiger partial charge in [0.2, 0.25) is 0 Å². The molecule has 2 N–H and O–H groups in total. The van der Waals surface area contributed by atoms with E-state index in [1.54, 1.807) is 7.11 Å². The molecule has 3 nitrogen and oxygen atoms in total. The van der Waals surface area contributed by atoms with Crippen molar-refractivity contribution in [3.05, 3.63) is 0 Å². The van der Waals surface area contributed by atoms with Crippen LogP contribution in [0.4, 0.5) is 0 Å². The van der Waals surface area contributed by atoms with Crippen LogP contribution >= 0.6 is 0 Å². The standard InChI is InChI=1S/C11H21NO2/c1-14-9-4-2-6-11(13,8-9)10-5-3-7-12-10/h9-10,12-13H,2-8H2,1H3. The molecule has 3 heteroatoms. The molecule has 14 heavy (non-hydrogen) atoms. The molecule has 2 fully saturated rings. The molecular weight excluding hydrogens is 178 g/mol. The predicted octanol–water partition coefficient (Wildman–Crippen LogP) is 1.06. The van der Waals surface area contributed by atoms with E-state index in [9.17, 15) is 5.11 Å². The van der Waals surface area contributed by atoms with E-state index in [1.807, 2.05) is 0 Å². The molecule has 0 bridgehead atoms. The molecule has 0 spiro atoms. The van der Waals surface area contributed by atoms with E-state index < -0.39 is 5.60 Å². The molecule has 0 aromatic heterocycles. The molecule has 3 unspecified atom stereocenters. The van der Waals surface area contributed by atoms with Gasteiger partial charge in [-0.15, -0.1) is 0 Å². The third-order valence-corrected chi connectivity index (χ3v) is 3.76. The van der Waals surface area contributed by atoms with Gasteiger partial charge in [-0.2, -0.15) is 0 Å². The number of methoxy groups -OCH3 is 1. The number of hydrogen-bond donors (Lipinski definition) is 2. The minimum Gasteiger partial charge on any atom is -0.388 e. The largest absolute Gasteiger partial charge is 0.388 e. The third-order valence-electron chi connectivity index (χ3n) is 3.76. The van der Waals surface area contributed by atoms with Crippen molar-refractivity contribution in [2.45, 2.75) is 56.3 Å². The molecule has 2 aliphatic rings. The minimum atomic E-state index is -0.505. The van der Waals surface area contributed by atoms with E-state index in [4.69, 9.17) is 4.74 Å². The highest BCUT2D eigenvalue weighted by molar-refractivity contribution is 4.98. The van der Waals surface area contributed by atoms with Crippen molar-refractivity contribution in [3.8, 4) is 0 Å². The van der Waals surface area contributed by atoms with Gasteiger partial charge in [0.15, 0.2) is 0 Å². The van der Waals surface area contributed by atoms with Crippen LogP contribution in [0, 0.1) is 0 Å². The van der Waals surface area contributed by atoms with Gasteiger partial charge in [0, 0.05) is 19.6 Å². The van der Waals surface area contributed by atoms with Crippen molar-refractivity contribution >= 4 is 0 Å². The molecule has 1 saturated heterocycles. The fourth-order valence-electron chi connectivity index (χ4n) is 2.90. The summed E-state index contributed by atoms with van der Waals surface area (Å²) in [6, 6.07) is 0.306. The summed E-state index contributed by atoms with van der Waals surface area (Å²) in [5.41, 5.74) is -0.505. The number of nitrogens with one attached hydrogen (secondary N) is 1. The molecule has 2 rings (SSSR count). The van der Waals surface area contributed by atoms with Gasteiger partial charge >= 0.3 is 0 Å². The van der Waals surface area contributed by atoms with Crippen molar-refractivity contribution in [1.29, 1.82) is 0 Å². The van der Waals surface area contributed by atoms with Gasteiger partial charge in [-0.3, -0.25) is 0 Å². The summed E-state index contributed by atoms with van der Waals surface area (Å²) < 4.78 is 5.36. The van der Waals surface area contributed by atoms with Crippen molar-refractivity contribution < 1.29 is 9.84 Å². The first kappa shape index (κ1) is 10.4. The third kappa shape index (κ3) is 1.95. The Hall–Kier alpha value is -0.120. The number of hydrogen-bond acceptors (Lipinski definition) is 3. The maximum absolute atomic E-state index is 10.5. The van der Waals surface area contributed by atoms with Crippen LogP contribution in [-0.2, 0) is 4.74 Å². The lowest BCUT2D eigenvalue weighted by molar-refractivity contribution is -0.0769. The molecule has 1 heterocycles. The SMILES string of the molecule is COC1CCCC(O)(C2CCCN2)C1. The van der Waals surface area contributed by atoms with E-state index in [1.165, 1.54) is 6.42 Å². The molecule has 1 aliphatic heterocycles. The van der Waals surface area contributed by atoms with Crippen molar-refractivity contribution in [1.82, 2.24) is 5.32 Å². The summed E-state index contributed by atoms with van der Waals surface area (Å²) >= 11 is 0. The van der Waals surface area contributed by atoms with Crippen LogP contribution in [0.1, 0.15) is 38.5 Å². The zero-order chi connectivity index (χ0) is 10.0. The average Bonchev–Trinajstić information content (AvgIpc) is 2.71. The summed E-state index contributed by atoms with van der Waals surface area (Å²) in [6.45, 7) is 1.06. The summed E-state index contributed by atoms with van der Waals surface area (Å²) in [6.07, 6.45) is 6.51. The van der Waals surface area contributed by atoms with E-state index >= 15 is 0 Å².